The number of nitrogens with zero attached hydrogens (tertiary/aromatic N) is 3. The lowest BCUT2D eigenvalue weighted by molar-refractivity contribution is 0.402. The van der Waals surface area contributed by atoms with E-state index in [1.165, 1.54) is 13.2 Å². The fourth-order valence-corrected chi connectivity index (χ4v) is 3.46. The highest BCUT2D eigenvalue weighted by molar-refractivity contribution is 9.10. The Bertz CT molecular complexity index is 730. The molecule has 0 atom stereocenters. The van der Waals surface area contributed by atoms with Crippen molar-refractivity contribution in [2.24, 2.45) is 0 Å². The Labute approximate surface area is 131 Å². The Morgan fingerprint density at radius 1 is 1.43 bits per heavy atom. The Morgan fingerprint density at radius 3 is 2.86 bits per heavy atom. The summed E-state index contributed by atoms with van der Waals surface area (Å²) in [6, 6.07) is 4.80. The van der Waals surface area contributed by atoms with E-state index in [0.717, 1.165) is 0 Å². The van der Waals surface area contributed by atoms with Crippen molar-refractivity contribution in [3.8, 4) is 5.75 Å². The number of hydrogen-bond donors (Lipinski definition) is 1. The van der Waals surface area contributed by atoms with E-state index in [1.54, 1.807) is 23.0 Å². The zero-order valence-electron chi connectivity index (χ0n) is 11.6. The minimum absolute atomic E-state index is 0.0614. The van der Waals surface area contributed by atoms with Gasteiger partial charge in [0, 0.05) is 11.0 Å². The van der Waals surface area contributed by atoms with Crippen molar-refractivity contribution < 1.29 is 13.2 Å². The van der Waals surface area contributed by atoms with E-state index in [0.29, 0.717) is 16.8 Å². The molecule has 2 rings (SSSR count). The molecule has 21 heavy (non-hydrogen) atoms. The highest BCUT2D eigenvalue weighted by Gasteiger charge is 2.20. The molecule has 0 radical (unpaired) electrons. The fourth-order valence-electron chi connectivity index (χ4n) is 1.78. The van der Waals surface area contributed by atoms with E-state index in [9.17, 15) is 8.42 Å². The quantitative estimate of drug-likeness (QED) is 0.828. The third-order valence-corrected chi connectivity index (χ3v) is 4.79. The second kappa shape index (κ2) is 6.54. The first kappa shape index (κ1) is 15.9. The molecule has 1 aromatic heterocycles. The Balaban J connectivity index is 2.25. The van der Waals surface area contributed by atoms with Crippen LogP contribution < -0.4 is 9.46 Å². The normalized spacial score (nSPS) is 11.6. The van der Waals surface area contributed by atoms with Crippen molar-refractivity contribution in [3.63, 3.8) is 0 Å². The predicted octanol–water partition coefficient (Wildman–Crippen LogP) is 1.55. The van der Waals surface area contributed by atoms with E-state index in [1.807, 2.05) is 6.92 Å². The first-order chi connectivity index (χ1) is 9.97. The molecule has 0 unspecified atom stereocenters. The molecule has 9 heteroatoms. The summed E-state index contributed by atoms with van der Waals surface area (Å²) in [4.78, 5) is 0.0712. The number of methoxy groups -OCH3 is 1. The van der Waals surface area contributed by atoms with Crippen LogP contribution in [0, 0.1) is 0 Å². The largest absolute Gasteiger partial charge is 0.495 e. The van der Waals surface area contributed by atoms with Crippen LogP contribution in [0.25, 0.3) is 0 Å². The van der Waals surface area contributed by atoms with Gasteiger partial charge in [-0.2, -0.15) is 0 Å². The topological polar surface area (TPSA) is 86.1 Å². The lowest BCUT2D eigenvalue weighted by Crippen LogP contribution is -2.25. The van der Waals surface area contributed by atoms with E-state index in [4.69, 9.17) is 4.74 Å². The van der Waals surface area contributed by atoms with Crippen molar-refractivity contribution in [2.75, 3.05) is 7.11 Å². The molecule has 0 saturated carbocycles. The smallest absolute Gasteiger partial charge is 0.244 e. The molecular formula is C12H15BrN4O3S. The second-order valence-electron chi connectivity index (χ2n) is 4.15. The maximum absolute atomic E-state index is 12.4. The standard InChI is InChI=1S/C12H15BrN4O3S/c1-3-17-8-14-16-12(17)7-15-21(18,19)11-6-9(13)4-5-10(11)20-2/h4-6,8,15H,3,7H2,1-2H3. The lowest BCUT2D eigenvalue weighted by Gasteiger charge is -2.11. The van der Waals surface area contributed by atoms with Crippen LogP contribution in [0.15, 0.2) is 33.9 Å². The molecule has 0 saturated heterocycles. The lowest BCUT2D eigenvalue weighted by atomic mass is 10.3. The number of ether oxygens (including phenoxy) is 1. The molecule has 7 nitrogen and oxygen atoms in total. The van der Waals surface area contributed by atoms with Gasteiger partial charge in [-0.1, -0.05) is 15.9 Å². The van der Waals surface area contributed by atoms with Gasteiger partial charge < -0.3 is 9.30 Å². The summed E-state index contributed by atoms with van der Waals surface area (Å²) in [6.45, 7) is 2.66. The molecule has 0 aliphatic heterocycles. The molecule has 1 aromatic carbocycles. The van der Waals surface area contributed by atoms with Gasteiger partial charge in [-0.3, -0.25) is 0 Å². The summed E-state index contributed by atoms with van der Waals surface area (Å²) in [5, 5.41) is 7.65. The number of aryl methyl sites for hydroxylation is 1. The van der Waals surface area contributed by atoms with Crippen LogP contribution in [-0.2, 0) is 23.1 Å². The number of halogens is 1. The van der Waals surface area contributed by atoms with Crippen LogP contribution in [0.4, 0.5) is 0 Å². The molecule has 0 aliphatic carbocycles. The van der Waals surface area contributed by atoms with E-state index in [-0.39, 0.29) is 17.2 Å². The van der Waals surface area contributed by atoms with Crippen LogP contribution in [-0.4, -0.2) is 30.3 Å². The van der Waals surface area contributed by atoms with Gasteiger partial charge in [-0.05, 0) is 25.1 Å². The van der Waals surface area contributed by atoms with Crippen molar-refractivity contribution in [2.45, 2.75) is 24.9 Å². The molecule has 114 valence electrons. The van der Waals surface area contributed by atoms with Crippen LogP contribution in [0.1, 0.15) is 12.7 Å². The molecule has 0 bridgehead atoms. The highest BCUT2D eigenvalue weighted by atomic mass is 79.9. The van der Waals surface area contributed by atoms with E-state index < -0.39 is 10.0 Å². The van der Waals surface area contributed by atoms with Gasteiger partial charge in [0.2, 0.25) is 10.0 Å². The molecule has 1 heterocycles. The van der Waals surface area contributed by atoms with Gasteiger partial charge >= 0.3 is 0 Å². The van der Waals surface area contributed by atoms with Gasteiger partial charge in [-0.25, -0.2) is 13.1 Å². The van der Waals surface area contributed by atoms with Gasteiger partial charge in [0.25, 0.3) is 0 Å². The van der Waals surface area contributed by atoms with Crippen molar-refractivity contribution in [3.05, 3.63) is 34.8 Å². The number of rotatable bonds is 6. The Morgan fingerprint density at radius 2 is 2.19 bits per heavy atom. The summed E-state index contributed by atoms with van der Waals surface area (Å²) >= 11 is 3.26. The van der Waals surface area contributed by atoms with E-state index in [2.05, 4.69) is 30.8 Å². The Kier molecular flexibility index (Phi) is 4.96. The summed E-state index contributed by atoms with van der Waals surface area (Å²) in [5.41, 5.74) is 0. The van der Waals surface area contributed by atoms with E-state index >= 15 is 0 Å². The number of sulfonamides is 1. The van der Waals surface area contributed by atoms with Crippen LogP contribution >= 0.6 is 15.9 Å². The predicted molar refractivity (Wildman–Crippen MR) is 80.4 cm³/mol. The molecular weight excluding hydrogens is 360 g/mol. The minimum Gasteiger partial charge on any atom is -0.495 e. The first-order valence-electron chi connectivity index (χ1n) is 6.18. The summed E-state index contributed by atoms with van der Waals surface area (Å²) in [6.07, 6.45) is 1.56. The van der Waals surface area contributed by atoms with Crippen molar-refractivity contribution >= 4 is 26.0 Å². The average Bonchev–Trinajstić information content (AvgIpc) is 2.92. The maximum atomic E-state index is 12.4. The number of benzene rings is 1. The first-order valence-corrected chi connectivity index (χ1v) is 8.45. The van der Waals surface area contributed by atoms with Gasteiger partial charge in [-0.15, -0.1) is 10.2 Å². The SMILES string of the molecule is CCn1cnnc1CNS(=O)(=O)c1cc(Br)ccc1OC. The van der Waals surface area contributed by atoms with Crippen LogP contribution in [0.3, 0.4) is 0 Å². The average molecular weight is 375 g/mol. The zero-order valence-corrected chi connectivity index (χ0v) is 14.0. The minimum atomic E-state index is -3.71. The van der Waals surface area contributed by atoms with Crippen LogP contribution in [0.2, 0.25) is 0 Å². The number of hydrogen-bond acceptors (Lipinski definition) is 5. The second-order valence-corrected chi connectivity index (χ2v) is 6.80. The van der Waals surface area contributed by atoms with Gasteiger partial charge in [0.1, 0.15) is 22.8 Å². The molecule has 0 spiro atoms. The number of nitrogens with one attached hydrogen (secondary N) is 1. The van der Waals surface area contributed by atoms with Crippen molar-refractivity contribution in [1.82, 2.24) is 19.5 Å². The summed E-state index contributed by atoms with van der Waals surface area (Å²) in [7, 11) is -2.29. The molecule has 1 N–H and O–H groups in total. The maximum Gasteiger partial charge on any atom is 0.244 e. The van der Waals surface area contributed by atoms with Crippen molar-refractivity contribution in [1.29, 1.82) is 0 Å². The van der Waals surface area contributed by atoms with Crippen LogP contribution in [0.5, 0.6) is 5.75 Å². The van der Waals surface area contributed by atoms with Gasteiger partial charge in [0.05, 0.1) is 13.7 Å². The summed E-state index contributed by atoms with van der Waals surface area (Å²) in [5.74, 6) is 0.831. The molecule has 2 aromatic rings. The van der Waals surface area contributed by atoms with Gasteiger partial charge in [0.15, 0.2) is 0 Å². The highest BCUT2D eigenvalue weighted by Crippen LogP contribution is 2.27. The number of aromatic nitrogens is 3. The molecule has 0 aliphatic rings. The monoisotopic (exact) mass is 374 g/mol. The zero-order chi connectivity index (χ0) is 15.5. The summed E-state index contributed by atoms with van der Waals surface area (Å²) < 4.78 is 34.8. The fraction of sp³-hybridized carbons (Fsp3) is 0.333. The third-order valence-electron chi connectivity index (χ3n) is 2.87. The molecule has 0 amide bonds. The third kappa shape index (κ3) is 3.60. The molecule has 0 fully saturated rings. The Hall–Kier alpha value is -1.45.